The Kier molecular flexibility index (Phi) is 7.45. The topological polar surface area (TPSA) is 83.4 Å². The van der Waals surface area contributed by atoms with Crippen LogP contribution in [0.5, 0.6) is 5.75 Å². The molecule has 1 aromatic carbocycles. The summed E-state index contributed by atoms with van der Waals surface area (Å²) < 4.78 is 10.9. The predicted octanol–water partition coefficient (Wildman–Crippen LogP) is 3.70. The molecule has 0 atom stereocenters. The largest absolute Gasteiger partial charge is 0.494 e. The van der Waals surface area contributed by atoms with E-state index in [0.717, 1.165) is 31.2 Å². The number of carbonyl (C=O) groups is 1. The number of nitrogens with one attached hydrogen (secondary N) is 3. The van der Waals surface area contributed by atoms with Crippen LogP contribution in [0.25, 0.3) is 0 Å². The quantitative estimate of drug-likeness (QED) is 0.410. The summed E-state index contributed by atoms with van der Waals surface area (Å²) in [6.45, 7) is 8.33. The average Bonchev–Trinajstić information content (AvgIpc) is 2.58. The van der Waals surface area contributed by atoms with Crippen molar-refractivity contribution in [2.75, 3.05) is 19.7 Å². The fourth-order valence-electron chi connectivity index (χ4n) is 2.93. The minimum absolute atomic E-state index is 0.0108. The van der Waals surface area contributed by atoms with Crippen molar-refractivity contribution in [2.45, 2.75) is 52.1 Å². The molecule has 1 aromatic rings. The first-order valence-corrected chi connectivity index (χ1v) is 9.36. The predicted molar refractivity (Wildman–Crippen MR) is 103 cm³/mol. The van der Waals surface area contributed by atoms with Crippen LogP contribution in [0, 0.1) is 11.3 Å². The zero-order chi connectivity index (χ0) is 19.0. The van der Waals surface area contributed by atoms with E-state index in [1.165, 1.54) is 19.3 Å². The molecular weight excluding hydrogens is 330 g/mol. The molecule has 6 heteroatoms. The molecule has 1 heterocycles. The van der Waals surface area contributed by atoms with Crippen LogP contribution in [-0.2, 0) is 4.74 Å². The van der Waals surface area contributed by atoms with Gasteiger partial charge in [0.25, 0.3) is 0 Å². The molecule has 0 saturated carbocycles. The van der Waals surface area contributed by atoms with E-state index >= 15 is 0 Å². The Bertz CT molecular complexity index is 587. The fourth-order valence-corrected chi connectivity index (χ4v) is 2.93. The number of benzene rings is 1. The van der Waals surface area contributed by atoms with Gasteiger partial charge >= 0.3 is 6.09 Å². The Labute approximate surface area is 156 Å². The van der Waals surface area contributed by atoms with Crippen LogP contribution >= 0.6 is 0 Å². The Morgan fingerprint density at radius 3 is 2.50 bits per heavy atom. The van der Waals surface area contributed by atoms with Crippen molar-refractivity contribution >= 4 is 11.9 Å². The van der Waals surface area contributed by atoms with E-state index < -0.39 is 11.7 Å². The maximum absolute atomic E-state index is 11.7. The number of ether oxygens (including phenoxy) is 2. The highest BCUT2D eigenvalue weighted by atomic mass is 16.6. The summed E-state index contributed by atoms with van der Waals surface area (Å²) >= 11 is 0. The van der Waals surface area contributed by atoms with Crippen LogP contribution in [0.3, 0.4) is 0 Å². The van der Waals surface area contributed by atoms with Gasteiger partial charge in [0, 0.05) is 5.56 Å². The Balaban J connectivity index is 1.71. The molecule has 2 rings (SSSR count). The van der Waals surface area contributed by atoms with Gasteiger partial charge in [0.2, 0.25) is 0 Å². The van der Waals surface area contributed by atoms with Gasteiger partial charge in [-0.3, -0.25) is 10.7 Å². The number of alkyl carbamates (subject to hydrolysis) is 1. The molecular formula is C20H31N3O3. The van der Waals surface area contributed by atoms with Crippen molar-refractivity contribution in [2.24, 2.45) is 5.92 Å². The maximum Gasteiger partial charge on any atom is 0.413 e. The van der Waals surface area contributed by atoms with Gasteiger partial charge in [-0.2, -0.15) is 0 Å². The highest BCUT2D eigenvalue weighted by Gasteiger charge is 2.17. The van der Waals surface area contributed by atoms with Gasteiger partial charge in [0.1, 0.15) is 17.2 Å². The van der Waals surface area contributed by atoms with Crippen LogP contribution in [0.1, 0.15) is 52.0 Å². The molecule has 0 aromatic heterocycles. The van der Waals surface area contributed by atoms with E-state index in [4.69, 9.17) is 14.9 Å². The minimum Gasteiger partial charge on any atom is -0.494 e. The standard InChI is InChI=1S/C20H31N3O3/c1-20(2,3)26-19(24)23-18(21)16-6-8-17(9-7-16)25-14-4-5-15-10-12-22-13-11-15/h6-9,15,22H,4-5,10-14H2,1-3H3,(H2,21,23,24). The third-order valence-corrected chi connectivity index (χ3v) is 4.25. The first kappa shape index (κ1) is 20.2. The molecule has 1 aliphatic heterocycles. The van der Waals surface area contributed by atoms with E-state index in [1.807, 2.05) is 12.1 Å². The zero-order valence-corrected chi connectivity index (χ0v) is 16.1. The second kappa shape index (κ2) is 9.57. The normalized spacial score (nSPS) is 15.3. The number of carbonyl (C=O) groups excluding carboxylic acids is 1. The summed E-state index contributed by atoms with van der Waals surface area (Å²) in [5.41, 5.74) is 0.0221. The van der Waals surface area contributed by atoms with E-state index in [-0.39, 0.29) is 5.84 Å². The number of rotatable bonds is 6. The van der Waals surface area contributed by atoms with Crippen molar-refractivity contribution in [1.82, 2.24) is 10.6 Å². The molecule has 1 amide bonds. The lowest BCUT2D eigenvalue weighted by molar-refractivity contribution is 0.0563. The monoisotopic (exact) mass is 361 g/mol. The molecule has 144 valence electrons. The molecule has 3 N–H and O–H groups in total. The number of piperidine rings is 1. The number of amides is 1. The van der Waals surface area contributed by atoms with Crippen LogP contribution in [0.2, 0.25) is 0 Å². The number of hydrogen-bond acceptors (Lipinski definition) is 5. The van der Waals surface area contributed by atoms with E-state index in [2.05, 4.69) is 10.6 Å². The average molecular weight is 361 g/mol. The Morgan fingerprint density at radius 1 is 1.23 bits per heavy atom. The van der Waals surface area contributed by atoms with E-state index in [0.29, 0.717) is 12.2 Å². The molecule has 1 fully saturated rings. The minimum atomic E-state index is -0.624. The van der Waals surface area contributed by atoms with Crippen LogP contribution < -0.4 is 15.4 Å². The van der Waals surface area contributed by atoms with Crippen LogP contribution in [0.4, 0.5) is 4.79 Å². The molecule has 0 bridgehead atoms. The molecule has 0 unspecified atom stereocenters. The van der Waals surface area contributed by atoms with Gasteiger partial charge in [0.05, 0.1) is 6.61 Å². The summed E-state index contributed by atoms with van der Waals surface area (Å²) in [5.74, 6) is 1.61. The maximum atomic E-state index is 11.7. The third-order valence-electron chi connectivity index (χ3n) is 4.25. The molecule has 26 heavy (non-hydrogen) atoms. The molecule has 0 spiro atoms. The molecule has 1 saturated heterocycles. The van der Waals surface area contributed by atoms with Crippen LogP contribution in [-0.4, -0.2) is 37.2 Å². The Morgan fingerprint density at radius 2 is 1.88 bits per heavy atom. The fraction of sp³-hybridized carbons (Fsp3) is 0.600. The lowest BCUT2D eigenvalue weighted by atomic mass is 9.93. The lowest BCUT2D eigenvalue weighted by Crippen LogP contribution is -2.36. The van der Waals surface area contributed by atoms with Gasteiger partial charge in [-0.25, -0.2) is 4.79 Å². The summed E-state index contributed by atoms with van der Waals surface area (Å²) in [5, 5.41) is 13.8. The second-order valence-electron chi connectivity index (χ2n) is 7.71. The number of amidine groups is 1. The molecule has 6 nitrogen and oxygen atoms in total. The smallest absolute Gasteiger partial charge is 0.413 e. The third kappa shape index (κ3) is 7.44. The van der Waals surface area contributed by atoms with Crippen molar-refractivity contribution in [1.29, 1.82) is 5.41 Å². The Hall–Kier alpha value is -2.08. The first-order chi connectivity index (χ1) is 12.3. The van der Waals surface area contributed by atoms with Gasteiger partial charge in [-0.15, -0.1) is 0 Å². The van der Waals surface area contributed by atoms with Gasteiger partial charge in [0.15, 0.2) is 0 Å². The summed E-state index contributed by atoms with van der Waals surface area (Å²) in [6, 6.07) is 7.18. The number of hydrogen-bond donors (Lipinski definition) is 3. The van der Waals surface area contributed by atoms with Crippen molar-refractivity contribution in [3.8, 4) is 5.75 Å². The molecule has 0 aliphatic carbocycles. The molecule has 1 aliphatic rings. The van der Waals surface area contributed by atoms with E-state index in [9.17, 15) is 4.79 Å². The summed E-state index contributed by atoms with van der Waals surface area (Å²) in [4.78, 5) is 11.7. The second-order valence-corrected chi connectivity index (χ2v) is 7.71. The van der Waals surface area contributed by atoms with Gasteiger partial charge in [-0.1, -0.05) is 0 Å². The van der Waals surface area contributed by atoms with E-state index in [1.54, 1.807) is 32.9 Å². The van der Waals surface area contributed by atoms with Crippen molar-refractivity contribution in [3.05, 3.63) is 29.8 Å². The van der Waals surface area contributed by atoms with Crippen LogP contribution in [0.15, 0.2) is 24.3 Å². The first-order valence-electron chi connectivity index (χ1n) is 9.36. The highest BCUT2D eigenvalue weighted by molar-refractivity contribution is 6.04. The molecule has 0 radical (unpaired) electrons. The zero-order valence-electron chi connectivity index (χ0n) is 16.1. The van der Waals surface area contributed by atoms with Gasteiger partial charge in [-0.05, 0) is 89.7 Å². The van der Waals surface area contributed by atoms with Crippen molar-refractivity contribution in [3.63, 3.8) is 0 Å². The summed E-state index contributed by atoms with van der Waals surface area (Å²) in [7, 11) is 0. The SMILES string of the molecule is CC(C)(C)OC(=O)NC(=N)c1ccc(OCCCC2CCNCC2)cc1. The summed E-state index contributed by atoms with van der Waals surface area (Å²) in [6.07, 6.45) is 4.18. The van der Waals surface area contributed by atoms with Crippen molar-refractivity contribution < 1.29 is 14.3 Å². The highest BCUT2D eigenvalue weighted by Crippen LogP contribution is 2.18. The van der Waals surface area contributed by atoms with Gasteiger partial charge < -0.3 is 14.8 Å². The lowest BCUT2D eigenvalue weighted by Gasteiger charge is -2.22.